The van der Waals surface area contributed by atoms with Gasteiger partial charge in [-0.3, -0.25) is 0 Å². The molecule has 0 saturated carbocycles. The van der Waals surface area contributed by atoms with Crippen molar-refractivity contribution < 1.29 is 13.9 Å². The average molecular weight is 368 g/mol. The monoisotopic (exact) mass is 367 g/mol. The first-order chi connectivity index (χ1) is 11.9. The Balaban J connectivity index is 2.20. The first kappa shape index (κ1) is 18.9. The molecule has 1 aromatic heterocycles. The van der Waals surface area contributed by atoms with Crippen molar-refractivity contribution in [2.24, 2.45) is 5.92 Å². The number of aromatic nitrogens is 3. The van der Waals surface area contributed by atoms with Gasteiger partial charge in [-0.2, -0.15) is 15.0 Å². The number of nitrogens with zero attached hydrogens (tertiary/aromatic N) is 3. The molecule has 0 amide bonds. The van der Waals surface area contributed by atoms with Gasteiger partial charge in [0.25, 0.3) is 0 Å². The molecule has 9 heteroatoms. The van der Waals surface area contributed by atoms with Crippen LogP contribution in [0.5, 0.6) is 0 Å². The second kappa shape index (κ2) is 8.57. The van der Waals surface area contributed by atoms with Gasteiger partial charge in [0.1, 0.15) is 11.9 Å². The minimum absolute atomic E-state index is 0.0652. The molecule has 0 radical (unpaired) electrons. The molecule has 2 N–H and O–H groups in total. The van der Waals surface area contributed by atoms with Gasteiger partial charge in [-0.05, 0) is 42.1 Å². The van der Waals surface area contributed by atoms with E-state index < -0.39 is 17.8 Å². The maximum atomic E-state index is 13.3. The topological polar surface area (TPSA) is 89.0 Å². The SMILES string of the molecule is COC(=O)[C@H](CC(C)C)Nc1nc(Cl)nc(Nc2cccc(F)c2)n1. The van der Waals surface area contributed by atoms with Gasteiger partial charge in [0.05, 0.1) is 7.11 Å². The minimum Gasteiger partial charge on any atom is -0.467 e. The van der Waals surface area contributed by atoms with Crippen molar-refractivity contribution in [3.63, 3.8) is 0 Å². The molecule has 0 fully saturated rings. The van der Waals surface area contributed by atoms with Gasteiger partial charge < -0.3 is 15.4 Å². The van der Waals surface area contributed by atoms with Gasteiger partial charge in [0, 0.05) is 5.69 Å². The highest BCUT2D eigenvalue weighted by Gasteiger charge is 2.22. The van der Waals surface area contributed by atoms with Crippen molar-refractivity contribution in [2.45, 2.75) is 26.3 Å². The summed E-state index contributed by atoms with van der Waals surface area (Å²) in [5, 5.41) is 5.68. The van der Waals surface area contributed by atoms with Crippen LogP contribution in [0, 0.1) is 11.7 Å². The minimum atomic E-state index is -0.620. The van der Waals surface area contributed by atoms with Crippen molar-refractivity contribution in [1.82, 2.24) is 15.0 Å². The Morgan fingerprint density at radius 3 is 2.64 bits per heavy atom. The summed E-state index contributed by atoms with van der Waals surface area (Å²) in [4.78, 5) is 24.0. The van der Waals surface area contributed by atoms with E-state index in [0.29, 0.717) is 12.1 Å². The Morgan fingerprint density at radius 2 is 2.00 bits per heavy atom. The molecule has 2 aromatic rings. The number of esters is 1. The molecule has 1 aromatic carbocycles. The fraction of sp³-hybridized carbons (Fsp3) is 0.375. The van der Waals surface area contributed by atoms with Gasteiger partial charge in [0.15, 0.2) is 0 Å². The summed E-state index contributed by atoms with van der Waals surface area (Å²) in [6, 6.07) is 5.21. The molecule has 25 heavy (non-hydrogen) atoms. The van der Waals surface area contributed by atoms with Crippen LogP contribution in [-0.4, -0.2) is 34.1 Å². The maximum Gasteiger partial charge on any atom is 0.328 e. The van der Waals surface area contributed by atoms with Gasteiger partial charge in [0.2, 0.25) is 17.2 Å². The smallest absolute Gasteiger partial charge is 0.328 e. The van der Waals surface area contributed by atoms with E-state index in [1.807, 2.05) is 13.8 Å². The number of hydrogen-bond donors (Lipinski definition) is 2. The van der Waals surface area contributed by atoms with E-state index in [1.165, 1.54) is 19.2 Å². The number of rotatable bonds is 7. The van der Waals surface area contributed by atoms with E-state index in [-0.39, 0.29) is 23.1 Å². The number of hydrogen-bond acceptors (Lipinski definition) is 7. The van der Waals surface area contributed by atoms with Gasteiger partial charge in [-0.1, -0.05) is 19.9 Å². The summed E-state index contributed by atoms with van der Waals surface area (Å²) < 4.78 is 18.1. The van der Waals surface area contributed by atoms with Crippen LogP contribution in [0.4, 0.5) is 22.0 Å². The summed E-state index contributed by atoms with van der Waals surface area (Å²) in [6.07, 6.45) is 0.530. The lowest BCUT2D eigenvalue weighted by Gasteiger charge is -2.18. The summed E-state index contributed by atoms with van der Waals surface area (Å²) in [6.45, 7) is 3.96. The highest BCUT2D eigenvalue weighted by Crippen LogP contribution is 2.18. The van der Waals surface area contributed by atoms with Crippen LogP contribution in [0.25, 0.3) is 0 Å². The van der Waals surface area contributed by atoms with Crippen LogP contribution in [0.3, 0.4) is 0 Å². The van der Waals surface area contributed by atoms with Crippen molar-refractivity contribution in [3.05, 3.63) is 35.4 Å². The van der Waals surface area contributed by atoms with Crippen LogP contribution < -0.4 is 10.6 Å². The fourth-order valence-corrected chi connectivity index (χ4v) is 2.31. The summed E-state index contributed by atoms with van der Waals surface area (Å²) in [5.41, 5.74) is 0.458. The predicted octanol–water partition coefficient (Wildman–Crippen LogP) is 3.41. The Labute approximate surface area is 150 Å². The number of anilines is 3. The molecule has 1 heterocycles. The molecule has 0 aliphatic heterocycles. The first-order valence-corrected chi connectivity index (χ1v) is 8.03. The normalized spacial score (nSPS) is 11.9. The quantitative estimate of drug-likeness (QED) is 0.725. The first-order valence-electron chi connectivity index (χ1n) is 7.66. The van der Waals surface area contributed by atoms with E-state index in [9.17, 15) is 9.18 Å². The van der Waals surface area contributed by atoms with Crippen LogP contribution in [-0.2, 0) is 9.53 Å². The molecule has 0 aliphatic rings. The number of halogens is 2. The van der Waals surface area contributed by atoms with E-state index in [0.717, 1.165) is 0 Å². The molecule has 0 bridgehead atoms. The largest absolute Gasteiger partial charge is 0.467 e. The fourth-order valence-electron chi connectivity index (χ4n) is 2.15. The second-order valence-corrected chi connectivity index (χ2v) is 6.07. The standard InChI is InChI=1S/C16H19ClFN5O2/c1-9(2)7-12(13(24)25-3)20-16-22-14(17)21-15(23-16)19-11-6-4-5-10(18)8-11/h4-6,8-9,12H,7H2,1-3H3,(H2,19,20,21,22,23)/t12-/m0/s1. The molecule has 1 atom stereocenters. The molecular formula is C16H19ClFN5O2. The van der Waals surface area contributed by atoms with E-state index in [1.54, 1.807) is 12.1 Å². The Kier molecular flexibility index (Phi) is 6.46. The zero-order valence-corrected chi connectivity index (χ0v) is 14.8. The summed E-state index contributed by atoms with van der Waals surface area (Å²) in [5.74, 6) is -0.328. The highest BCUT2D eigenvalue weighted by atomic mass is 35.5. The number of nitrogens with one attached hydrogen (secondary N) is 2. The Bertz CT molecular complexity index is 744. The Hall–Kier alpha value is -2.48. The van der Waals surface area contributed by atoms with Crippen LogP contribution >= 0.6 is 11.6 Å². The Morgan fingerprint density at radius 1 is 1.28 bits per heavy atom. The zero-order chi connectivity index (χ0) is 18.4. The molecule has 0 aliphatic carbocycles. The van der Waals surface area contributed by atoms with Crippen molar-refractivity contribution >= 4 is 35.2 Å². The average Bonchev–Trinajstić information content (AvgIpc) is 2.52. The lowest BCUT2D eigenvalue weighted by molar-refractivity contribution is -0.141. The molecule has 0 saturated heterocycles. The third-order valence-corrected chi connectivity index (χ3v) is 3.35. The van der Waals surface area contributed by atoms with Crippen LogP contribution in [0.15, 0.2) is 24.3 Å². The van der Waals surface area contributed by atoms with Crippen LogP contribution in [0.1, 0.15) is 20.3 Å². The van der Waals surface area contributed by atoms with E-state index in [2.05, 4.69) is 25.6 Å². The number of methoxy groups -OCH3 is 1. The summed E-state index contributed by atoms with van der Waals surface area (Å²) in [7, 11) is 1.31. The predicted molar refractivity (Wildman–Crippen MR) is 93.4 cm³/mol. The maximum absolute atomic E-state index is 13.3. The molecule has 0 unspecified atom stereocenters. The van der Waals surface area contributed by atoms with Crippen molar-refractivity contribution in [1.29, 1.82) is 0 Å². The van der Waals surface area contributed by atoms with Gasteiger partial charge in [-0.15, -0.1) is 0 Å². The zero-order valence-electron chi connectivity index (χ0n) is 14.1. The highest BCUT2D eigenvalue weighted by molar-refractivity contribution is 6.28. The number of benzene rings is 1. The number of carbonyl (C=O) groups is 1. The van der Waals surface area contributed by atoms with E-state index >= 15 is 0 Å². The van der Waals surface area contributed by atoms with Gasteiger partial charge >= 0.3 is 5.97 Å². The molecule has 2 rings (SSSR count). The molecule has 134 valence electrons. The van der Waals surface area contributed by atoms with Crippen molar-refractivity contribution in [2.75, 3.05) is 17.7 Å². The van der Waals surface area contributed by atoms with Crippen molar-refractivity contribution in [3.8, 4) is 0 Å². The third kappa shape index (κ3) is 5.82. The molecule has 7 nitrogen and oxygen atoms in total. The lowest BCUT2D eigenvalue weighted by atomic mass is 10.0. The number of carbonyl (C=O) groups excluding carboxylic acids is 1. The van der Waals surface area contributed by atoms with E-state index in [4.69, 9.17) is 16.3 Å². The summed E-state index contributed by atoms with van der Waals surface area (Å²) >= 11 is 5.92. The number of ether oxygens (including phenoxy) is 1. The third-order valence-electron chi connectivity index (χ3n) is 3.19. The van der Waals surface area contributed by atoms with Gasteiger partial charge in [-0.25, -0.2) is 9.18 Å². The molecule has 0 spiro atoms. The van der Waals surface area contributed by atoms with Crippen LogP contribution in [0.2, 0.25) is 5.28 Å². The lowest BCUT2D eigenvalue weighted by Crippen LogP contribution is -2.33. The second-order valence-electron chi connectivity index (χ2n) is 5.74. The molecular weight excluding hydrogens is 349 g/mol.